The topological polar surface area (TPSA) is 125 Å². The van der Waals surface area contributed by atoms with Crippen molar-refractivity contribution in [1.29, 1.82) is 0 Å². The fourth-order valence-corrected chi connectivity index (χ4v) is 1.89. The summed E-state index contributed by atoms with van der Waals surface area (Å²) < 4.78 is 9.44. The molecular formula is C15H18N2O7. The minimum absolute atomic E-state index is 0.0226. The maximum Gasteiger partial charge on any atom is 0.340 e. The molecule has 0 unspecified atom stereocenters. The highest BCUT2D eigenvalue weighted by Gasteiger charge is 2.31. The second kappa shape index (κ2) is 9.23. The fourth-order valence-electron chi connectivity index (χ4n) is 1.89. The molecule has 1 aromatic rings. The third-order valence-electron chi connectivity index (χ3n) is 2.89. The fraction of sp³-hybridized carbons (Fsp3) is 0.400. The van der Waals surface area contributed by atoms with Crippen LogP contribution in [0.4, 0.5) is 5.69 Å². The molecule has 1 aromatic carbocycles. The van der Waals surface area contributed by atoms with Crippen molar-refractivity contribution in [3.8, 4) is 0 Å². The number of amides is 1. The summed E-state index contributed by atoms with van der Waals surface area (Å²) >= 11 is 0. The first kappa shape index (κ1) is 19.1. The van der Waals surface area contributed by atoms with Gasteiger partial charge in [-0.2, -0.15) is 0 Å². The van der Waals surface area contributed by atoms with E-state index in [1.807, 2.05) is 0 Å². The van der Waals surface area contributed by atoms with Crippen molar-refractivity contribution in [2.75, 3.05) is 13.2 Å². The van der Waals surface area contributed by atoms with Crippen LogP contribution < -0.4 is 5.32 Å². The number of nitro groups is 1. The van der Waals surface area contributed by atoms with Crippen LogP contribution >= 0.6 is 0 Å². The Kier molecular flexibility index (Phi) is 7.34. The Morgan fingerprint density at radius 2 is 1.67 bits per heavy atom. The predicted octanol–water partition coefficient (Wildman–Crippen LogP) is 0.748. The number of carbonyl (C=O) groups is 3. The van der Waals surface area contributed by atoms with Gasteiger partial charge in [0.2, 0.25) is 11.9 Å². The van der Waals surface area contributed by atoms with Gasteiger partial charge >= 0.3 is 11.9 Å². The molecular weight excluding hydrogens is 320 g/mol. The zero-order valence-electron chi connectivity index (χ0n) is 13.3. The Hall–Kier alpha value is -2.97. The van der Waals surface area contributed by atoms with Crippen LogP contribution in [-0.2, 0) is 30.3 Å². The maximum atomic E-state index is 12.1. The second-order valence-corrected chi connectivity index (χ2v) is 4.57. The van der Waals surface area contributed by atoms with Gasteiger partial charge < -0.3 is 14.8 Å². The molecule has 0 radical (unpaired) electrons. The van der Waals surface area contributed by atoms with Crippen molar-refractivity contribution in [3.05, 3.63) is 39.9 Å². The smallest absolute Gasteiger partial charge is 0.340 e. The lowest BCUT2D eigenvalue weighted by atomic mass is 10.1. The Morgan fingerprint density at radius 3 is 2.17 bits per heavy atom. The van der Waals surface area contributed by atoms with Gasteiger partial charge in [0, 0.05) is 11.6 Å². The van der Waals surface area contributed by atoms with Crippen molar-refractivity contribution in [3.63, 3.8) is 0 Å². The summed E-state index contributed by atoms with van der Waals surface area (Å²) in [6.07, 6.45) is -0.369. The number of hydrogen-bond donors (Lipinski definition) is 1. The van der Waals surface area contributed by atoms with Crippen LogP contribution in [0.3, 0.4) is 0 Å². The Labute approximate surface area is 138 Å². The van der Waals surface area contributed by atoms with Crippen LogP contribution in [0, 0.1) is 10.1 Å². The molecule has 0 fully saturated rings. The van der Waals surface area contributed by atoms with E-state index < -0.39 is 28.8 Å². The van der Waals surface area contributed by atoms with Gasteiger partial charge in [-0.05, 0) is 13.8 Å². The van der Waals surface area contributed by atoms with E-state index >= 15 is 0 Å². The van der Waals surface area contributed by atoms with E-state index in [1.165, 1.54) is 18.2 Å². The lowest BCUT2D eigenvalue weighted by Gasteiger charge is -2.15. The maximum absolute atomic E-state index is 12.1. The van der Waals surface area contributed by atoms with Gasteiger partial charge in [-0.25, -0.2) is 9.59 Å². The van der Waals surface area contributed by atoms with Gasteiger partial charge in [0.05, 0.1) is 24.6 Å². The normalized spacial score (nSPS) is 10.1. The van der Waals surface area contributed by atoms with Crippen LogP contribution in [-0.4, -0.2) is 42.0 Å². The molecule has 130 valence electrons. The summed E-state index contributed by atoms with van der Waals surface area (Å²) in [5.74, 6) is -2.64. The molecule has 1 N–H and O–H groups in total. The van der Waals surface area contributed by atoms with E-state index in [0.717, 1.165) is 0 Å². The number of para-hydroxylation sites is 1. The number of nitrogens with zero attached hydrogens (tertiary/aromatic N) is 1. The molecule has 0 saturated carbocycles. The molecule has 0 saturated heterocycles. The number of benzene rings is 1. The first-order valence-corrected chi connectivity index (χ1v) is 7.25. The zero-order valence-corrected chi connectivity index (χ0v) is 13.3. The number of rotatable bonds is 8. The molecule has 0 aliphatic carbocycles. The van der Waals surface area contributed by atoms with E-state index in [0.29, 0.717) is 0 Å². The first-order valence-electron chi connectivity index (χ1n) is 7.25. The summed E-state index contributed by atoms with van der Waals surface area (Å²) in [5.41, 5.74) is -0.0667. The number of carbonyl (C=O) groups excluding carboxylic acids is 3. The third-order valence-corrected chi connectivity index (χ3v) is 2.89. The monoisotopic (exact) mass is 338 g/mol. The van der Waals surface area contributed by atoms with Crippen molar-refractivity contribution in [1.82, 2.24) is 5.32 Å². The SMILES string of the molecule is CCOC(=O)C(NC(=O)Cc1ccccc1[N+](=O)[O-])C(=O)OCC. The molecule has 0 spiro atoms. The zero-order chi connectivity index (χ0) is 18.1. The molecule has 0 atom stereocenters. The highest BCUT2D eigenvalue weighted by molar-refractivity contribution is 6.02. The minimum atomic E-state index is -1.61. The molecule has 0 aliphatic rings. The molecule has 0 aromatic heterocycles. The van der Waals surface area contributed by atoms with Gasteiger partial charge in [-0.15, -0.1) is 0 Å². The molecule has 0 aliphatic heterocycles. The predicted molar refractivity (Wildman–Crippen MR) is 82.0 cm³/mol. The van der Waals surface area contributed by atoms with Crippen molar-refractivity contribution >= 4 is 23.5 Å². The Balaban J connectivity index is 2.87. The van der Waals surface area contributed by atoms with Crippen LogP contribution in [0.2, 0.25) is 0 Å². The van der Waals surface area contributed by atoms with Gasteiger partial charge in [0.15, 0.2) is 0 Å². The van der Waals surface area contributed by atoms with E-state index in [4.69, 9.17) is 9.47 Å². The average molecular weight is 338 g/mol. The van der Waals surface area contributed by atoms with Crippen molar-refractivity contribution in [2.24, 2.45) is 0 Å². The number of ether oxygens (including phenoxy) is 2. The van der Waals surface area contributed by atoms with Gasteiger partial charge in [-0.1, -0.05) is 18.2 Å². The van der Waals surface area contributed by atoms with Crippen LogP contribution in [0.5, 0.6) is 0 Å². The highest BCUT2D eigenvalue weighted by atomic mass is 16.6. The van der Waals surface area contributed by atoms with Crippen molar-refractivity contribution in [2.45, 2.75) is 26.3 Å². The largest absolute Gasteiger partial charge is 0.464 e. The van der Waals surface area contributed by atoms with E-state index in [1.54, 1.807) is 19.9 Å². The number of hydrogen-bond acceptors (Lipinski definition) is 7. The molecule has 1 amide bonds. The van der Waals surface area contributed by atoms with E-state index in [9.17, 15) is 24.5 Å². The van der Waals surface area contributed by atoms with Crippen LogP contribution in [0.25, 0.3) is 0 Å². The summed E-state index contributed by atoms with van der Waals surface area (Å²) in [6, 6.07) is 4.09. The Bertz CT molecular complexity index is 612. The third kappa shape index (κ3) is 5.34. The average Bonchev–Trinajstić information content (AvgIpc) is 2.53. The summed E-state index contributed by atoms with van der Waals surface area (Å²) in [6.45, 7) is 3.15. The van der Waals surface area contributed by atoms with Crippen molar-refractivity contribution < 1.29 is 28.8 Å². The second-order valence-electron chi connectivity index (χ2n) is 4.57. The van der Waals surface area contributed by atoms with E-state index in [2.05, 4.69) is 5.32 Å². The highest BCUT2D eigenvalue weighted by Crippen LogP contribution is 2.18. The molecule has 1 rings (SSSR count). The lowest BCUT2D eigenvalue weighted by molar-refractivity contribution is -0.385. The molecule has 9 nitrogen and oxygen atoms in total. The summed E-state index contributed by atoms with van der Waals surface area (Å²) in [5, 5.41) is 13.1. The quantitative estimate of drug-likeness (QED) is 0.321. The summed E-state index contributed by atoms with van der Waals surface area (Å²) in [7, 11) is 0. The molecule has 9 heteroatoms. The molecule has 0 bridgehead atoms. The number of nitrogens with one attached hydrogen (secondary N) is 1. The standard InChI is InChI=1S/C15H18N2O7/c1-3-23-14(19)13(15(20)24-4-2)16-12(18)9-10-7-5-6-8-11(10)17(21)22/h5-8,13H,3-4,9H2,1-2H3,(H,16,18). The Morgan fingerprint density at radius 1 is 1.12 bits per heavy atom. The summed E-state index contributed by atoms with van der Waals surface area (Å²) in [4.78, 5) is 45.9. The minimum Gasteiger partial charge on any atom is -0.464 e. The van der Waals surface area contributed by atoms with Crippen LogP contribution in [0.1, 0.15) is 19.4 Å². The van der Waals surface area contributed by atoms with Gasteiger partial charge in [-0.3, -0.25) is 14.9 Å². The van der Waals surface area contributed by atoms with E-state index in [-0.39, 0.29) is 30.9 Å². The molecule has 24 heavy (non-hydrogen) atoms. The van der Waals surface area contributed by atoms with Gasteiger partial charge in [0.25, 0.3) is 5.69 Å². The molecule has 0 heterocycles. The van der Waals surface area contributed by atoms with Crippen LogP contribution in [0.15, 0.2) is 24.3 Å². The number of esters is 2. The number of nitro benzene ring substituents is 1. The lowest BCUT2D eigenvalue weighted by Crippen LogP contribution is -2.48. The van der Waals surface area contributed by atoms with Gasteiger partial charge in [0.1, 0.15) is 0 Å². The first-order chi connectivity index (χ1) is 11.4.